The van der Waals surface area contributed by atoms with Gasteiger partial charge in [0.2, 0.25) is 5.91 Å². The van der Waals surface area contributed by atoms with E-state index in [1.54, 1.807) is 20.8 Å². The SMILES string of the molecule is CC(C)(C)OC(=O)NC(CCCCNC(=O)CCCCC1SCC2NC(=O)NC21)C(=O)O. The van der Waals surface area contributed by atoms with E-state index in [1.165, 1.54) is 0 Å². The summed E-state index contributed by atoms with van der Waals surface area (Å²) in [6.45, 7) is 5.60. The molecule has 5 N–H and O–H groups in total. The Balaban J connectivity index is 1.51. The van der Waals surface area contributed by atoms with Crippen LogP contribution in [0.1, 0.15) is 65.7 Å². The first-order valence-electron chi connectivity index (χ1n) is 11.2. The summed E-state index contributed by atoms with van der Waals surface area (Å²) in [5.41, 5.74) is -0.695. The Morgan fingerprint density at radius 3 is 2.62 bits per heavy atom. The number of ether oxygens (including phenoxy) is 1. The maximum absolute atomic E-state index is 12.0. The van der Waals surface area contributed by atoms with Gasteiger partial charge in [-0.25, -0.2) is 14.4 Å². The van der Waals surface area contributed by atoms with Gasteiger partial charge in [0.15, 0.2) is 0 Å². The summed E-state index contributed by atoms with van der Waals surface area (Å²) >= 11 is 1.87. The van der Waals surface area contributed by atoms with Gasteiger partial charge >= 0.3 is 18.1 Å². The number of carboxylic acid groups (broad SMARTS) is 1. The van der Waals surface area contributed by atoms with Crippen LogP contribution >= 0.6 is 11.8 Å². The van der Waals surface area contributed by atoms with Crippen molar-refractivity contribution in [2.75, 3.05) is 12.3 Å². The largest absolute Gasteiger partial charge is 0.480 e. The van der Waals surface area contributed by atoms with E-state index in [0.717, 1.165) is 25.0 Å². The maximum atomic E-state index is 12.0. The van der Waals surface area contributed by atoms with Gasteiger partial charge in [0.25, 0.3) is 0 Å². The first-order valence-corrected chi connectivity index (χ1v) is 12.3. The van der Waals surface area contributed by atoms with Crippen molar-refractivity contribution >= 4 is 35.8 Å². The zero-order valence-electron chi connectivity index (χ0n) is 19.1. The molecule has 0 aromatic rings. The van der Waals surface area contributed by atoms with Gasteiger partial charge in [-0.2, -0.15) is 11.8 Å². The van der Waals surface area contributed by atoms with E-state index in [-0.39, 0.29) is 30.4 Å². The number of hydrogen-bond acceptors (Lipinski definition) is 6. The molecule has 11 heteroatoms. The molecule has 0 radical (unpaired) electrons. The fourth-order valence-corrected chi connectivity index (χ4v) is 5.31. The van der Waals surface area contributed by atoms with Crippen molar-refractivity contribution < 1.29 is 29.0 Å². The molecule has 2 heterocycles. The summed E-state index contributed by atoms with van der Waals surface area (Å²) in [6.07, 6.45) is 3.83. The van der Waals surface area contributed by atoms with Crippen LogP contribution in [0.15, 0.2) is 0 Å². The normalized spacial score (nSPS) is 23.0. The van der Waals surface area contributed by atoms with E-state index in [2.05, 4.69) is 21.3 Å². The minimum Gasteiger partial charge on any atom is -0.480 e. The van der Waals surface area contributed by atoms with Gasteiger partial charge in [0.1, 0.15) is 11.6 Å². The number of thioether (sulfide) groups is 1. The number of carboxylic acids is 1. The van der Waals surface area contributed by atoms with Crippen molar-refractivity contribution in [2.45, 2.75) is 94.7 Å². The molecule has 4 unspecified atom stereocenters. The van der Waals surface area contributed by atoms with Crippen LogP contribution in [0.2, 0.25) is 0 Å². The maximum Gasteiger partial charge on any atom is 0.408 e. The smallest absolute Gasteiger partial charge is 0.408 e. The van der Waals surface area contributed by atoms with E-state index < -0.39 is 23.7 Å². The lowest BCUT2D eigenvalue weighted by Gasteiger charge is -2.22. The van der Waals surface area contributed by atoms with Crippen LogP contribution in [-0.2, 0) is 14.3 Å². The third-order valence-corrected chi connectivity index (χ3v) is 6.82. The molecule has 2 aliphatic heterocycles. The van der Waals surface area contributed by atoms with Gasteiger partial charge in [-0.05, 0) is 52.9 Å². The lowest BCUT2D eigenvalue weighted by Crippen LogP contribution is -2.43. The summed E-state index contributed by atoms with van der Waals surface area (Å²) < 4.78 is 5.09. The number of amides is 4. The first kappa shape index (κ1) is 26.1. The monoisotopic (exact) mass is 472 g/mol. The summed E-state index contributed by atoms with van der Waals surface area (Å²) in [4.78, 5) is 46.5. The van der Waals surface area contributed by atoms with Crippen LogP contribution < -0.4 is 21.3 Å². The summed E-state index contributed by atoms with van der Waals surface area (Å²) in [6, 6.07) is -0.685. The molecule has 10 nitrogen and oxygen atoms in total. The van der Waals surface area contributed by atoms with Gasteiger partial charge in [-0.1, -0.05) is 6.42 Å². The van der Waals surface area contributed by atoms with E-state index >= 15 is 0 Å². The fraction of sp³-hybridized carbons (Fsp3) is 0.810. The van der Waals surface area contributed by atoms with Gasteiger partial charge in [-0.3, -0.25) is 4.79 Å². The van der Waals surface area contributed by atoms with Crippen molar-refractivity contribution in [1.82, 2.24) is 21.3 Å². The molecular weight excluding hydrogens is 436 g/mol. The van der Waals surface area contributed by atoms with E-state index in [9.17, 15) is 24.3 Å². The summed E-state index contributed by atoms with van der Waals surface area (Å²) in [5.74, 6) is -0.191. The molecule has 0 aromatic carbocycles. The van der Waals surface area contributed by atoms with Crippen LogP contribution in [-0.4, -0.2) is 70.4 Å². The van der Waals surface area contributed by atoms with Crippen LogP contribution in [0.25, 0.3) is 0 Å². The Morgan fingerprint density at radius 1 is 1.19 bits per heavy atom. The molecule has 4 amide bonds. The molecule has 0 spiro atoms. The average molecular weight is 473 g/mol. The Morgan fingerprint density at radius 2 is 1.94 bits per heavy atom. The van der Waals surface area contributed by atoms with Crippen LogP contribution in [0.4, 0.5) is 9.59 Å². The van der Waals surface area contributed by atoms with E-state index in [1.807, 2.05) is 11.8 Å². The predicted octanol–water partition coefficient (Wildman–Crippen LogP) is 1.98. The van der Waals surface area contributed by atoms with Gasteiger partial charge in [0.05, 0.1) is 12.1 Å². The fourth-order valence-electron chi connectivity index (χ4n) is 3.77. The van der Waals surface area contributed by atoms with Gasteiger partial charge in [0, 0.05) is 24.0 Å². The lowest BCUT2D eigenvalue weighted by molar-refractivity contribution is -0.139. The molecule has 2 rings (SSSR count). The first-order chi connectivity index (χ1) is 15.0. The number of urea groups is 1. The number of nitrogens with one attached hydrogen (secondary N) is 4. The van der Waals surface area contributed by atoms with Crippen LogP contribution in [0.5, 0.6) is 0 Å². The van der Waals surface area contributed by atoms with Crippen molar-refractivity contribution in [1.29, 1.82) is 0 Å². The van der Waals surface area contributed by atoms with Crippen LogP contribution in [0, 0.1) is 0 Å². The molecule has 0 bridgehead atoms. The number of carbonyl (C=O) groups excluding carboxylic acids is 3. The second-order valence-electron chi connectivity index (χ2n) is 9.25. The minimum atomic E-state index is -1.11. The average Bonchev–Trinajstić information content (AvgIpc) is 3.21. The third-order valence-electron chi connectivity index (χ3n) is 5.31. The second kappa shape index (κ2) is 12.2. The Bertz CT molecular complexity index is 684. The number of fused-ring (bicyclic) bond motifs is 1. The molecular formula is C21H36N4O6S. The van der Waals surface area contributed by atoms with Crippen molar-refractivity contribution in [3.63, 3.8) is 0 Å². The summed E-state index contributed by atoms with van der Waals surface area (Å²) in [7, 11) is 0. The highest BCUT2D eigenvalue weighted by atomic mass is 32.2. The van der Waals surface area contributed by atoms with Crippen molar-refractivity contribution in [2.24, 2.45) is 0 Å². The highest BCUT2D eigenvalue weighted by Gasteiger charge is 2.42. The third kappa shape index (κ3) is 9.13. The predicted molar refractivity (Wildman–Crippen MR) is 122 cm³/mol. The Labute approximate surface area is 193 Å². The highest BCUT2D eigenvalue weighted by Crippen LogP contribution is 2.33. The molecule has 2 fully saturated rings. The lowest BCUT2D eigenvalue weighted by atomic mass is 10.0. The quantitative estimate of drug-likeness (QED) is 0.216. The number of alkyl carbamates (subject to hydrolysis) is 1. The van der Waals surface area contributed by atoms with Gasteiger partial charge in [-0.15, -0.1) is 0 Å². The Hall–Kier alpha value is -2.17. The number of unbranched alkanes of at least 4 members (excludes halogenated alkanes) is 2. The number of rotatable bonds is 12. The summed E-state index contributed by atoms with van der Waals surface area (Å²) in [5, 5.41) is 20.8. The zero-order valence-corrected chi connectivity index (χ0v) is 19.9. The molecule has 2 saturated heterocycles. The molecule has 32 heavy (non-hydrogen) atoms. The van der Waals surface area contributed by atoms with Crippen molar-refractivity contribution in [3.05, 3.63) is 0 Å². The number of aliphatic carboxylic acids is 1. The Kier molecular flexibility index (Phi) is 9.92. The topological polar surface area (TPSA) is 146 Å². The second-order valence-corrected chi connectivity index (χ2v) is 10.5. The number of hydrogen-bond donors (Lipinski definition) is 5. The highest BCUT2D eigenvalue weighted by molar-refractivity contribution is 8.00. The zero-order chi connectivity index (χ0) is 23.7. The number of carbonyl (C=O) groups is 4. The molecule has 2 aliphatic rings. The van der Waals surface area contributed by atoms with Crippen molar-refractivity contribution in [3.8, 4) is 0 Å². The molecule has 4 atom stereocenters. The standard InChI is InChI=1S/C21H36N4O6S/c1-21(2,3)31-20(30)24-13(18(27)28)8-6-7-11-22-16(26)10-5-4-9-15-17-14(12-32-15)23-19(29)25-17/h13-15,17H,4-12H2,1-3H3,(H,22,26)(H,24,30)(H,27,28)(H2,23,25,29). The van der Waals surface area contributed by atoms with Crippen LogP contribution in [0.3, 0.4) is 0 Å². The van der Waals surface area contributed by atoms with E-state index in [4.69, 9.17) is 4.74 Å². The molecule has 182 valence electrons. The molecule has 0 aliphatic carbocycles. The van der Waals surface area contributed by atoms with E-state index in [0.29, 0.717) is 31.1 Å². The molecule has 0 saturated carbocycles. The minimum absolute atomic E-state index is 0.0144. The molecule has 0 aromatic heterocycles. The van der Waals surface area contributed by atoms with Gasteiger partial charge < -0.3 is 31.1 Å².